The SMILES string of the molecule is O=C1CC[C@H](C(=O)NC(Cc2ccccc2)C(=O)C(=O)NC2CC2)N1. The highest BCUT2D eigenvalue weighted by atomic mass is 16.2. The zero-order valence-corrected chi connectivity index (χ0v) is 13.8. The van der Waals surface area contributed by atoms with E-state index in [4.69, 9.17) is 0 Å². The fraction of sp³-hybridized carbons (Fsp3) is 0.444. The molecule has 1 aromatic carbocycles. The van der Waals surface area contributed by atoms with Crippen LogP contribution in [0.1, 0.15) is 31.2 Å². The molecule has 0 radical (unpaired) electrons. The van der Waals surface area contributed by atoms with Gasteiger partial charge in [0.05, 0.1) is 0 Å². The van der Waals surface area contributed by atoms with E-state index >= 15 is 0 Å². The summed E-state index contributed by atoms with van der Waals surface area (Å²) in [7, 11) is 0. The normalized spacial score (nSPS) is 20.5. The lowest BCUT2D eigenvalue weighted by Crippen LogP contribution is -2.53. The van der Waals surface area contributed by atoms with Crippen LogP contribution < -0.4 is 16.0 Å². The Bertz CT molecular complexity index is 685. The highest BCUT2D eigenvalue weighted by Crippen LogP contribution is 2.18. The number of hydrogen-bond donors (Lipinski definition) is 3. The van der Waals surface area contributed by atoms with Gasteiger partial charge in [0.1, 0.15) is 12.1 Å². The summed E-state index contributed by atoms with van der Waals surface area (Å²) in [4.78, 5) is 48.2. The van der Waals surface area contributed by atoms with Crippen LogP contribution in [0.2, 0.25) is 0 Å². The predicted molar refractivity (Wildman–Crippen MR) is 89.4 cm³/mol. The molecule has 7 nitrogen and oxygen atoms in total. The van der Waals surface area contributed by atoms with Crippen molar-refractivity contribution in [1.82, 2.24) is 16.0 Å². The van der Waals surface area contributed by atoms with Crippen LogP contribution in [0.25, 0.3) is 0 Å². The Morgan fingerprint density at radius 1 is 1.12 bits per heavy atom. The summed E-state index contributed by atoms with van der Waals surface area (Å²) >= 11 is 0. The quantitative estimate of drug-likeness (QED) is 0.598. The average Bonchev–Trinajstić information content (AvgIpc) is 3.31. The molecule has 132 valence electrons. The van der Waals surface area contributed by atoms with Crippen molar-refractivity contribution in [3.63, 3.8) is 0 Å². The lowest BCUT2D eigenvalue weighted by atomic mass is 10.0. The number of benzene rings is 1. The van der Waals surface area contributed by atoms with Crippen LogP contribution in [0.15, 0.2) is 30.3 Å². The molecule has 1 heterocycles. The lowest BCUT2D eigenvalue weighted by Gasteiger charge is -2.20. The number of carbonyl (C=O) groups excluding carboxylic acids is 4. The number of nitrogens with one attached hydrogen (secondary N) is 3. The number of amides is 3. The molecular weight excluding hydrogens is 322 g/mol. The van der Waals surface area contributed by atoms with E-state index < -0.39 is 29.7 Å². The van der Waals surface area contributed by atoms with E-state index in [2.05, 4.69) is 16.0 Å². The molecule has 25 heavy (non-hydrogen) atoms. The molecule has 1 unspecified atom stereocenters. The fourth-order valence-corrected chi connectivity index (χ4v) is 2.78. The monoisotopic (exact) mass is 343 g/mol. The number of rotatable bonds is 7. The number of ketones is 1. The van der Waals surface area contributed by atoms with E-state index in [1.165, 1.54) is 0 Å². The molecule has 1 aliphatic heterocycles. The standard InChI is InChI=1S/C18H21N3O4/c22-15-9-8-13(20-15)17(24)21-14(10-11-4-2-1-3-5-11)16(23)18(25)19-12-6-7-12/h1-5,12-14H,6-10H2,(H,19,25)(H,20,22)(H,21,24)/t13-,14?/m1/s1. The van der Waals surface area contributed by atoms with Crippen LogP contribution in [-0.4, -0.2) is 41.6 Å². The molecule has 1 aliphatic carbocycles. The van der Waals surface area contributed by atoms with Crippen LogP contribution in [0, 0.1) is 0 Å². The zero-order valence-electron chi connectivity index (χ0n) is 13.8. The number of hydrogen-bond acceptors (Lipinski definition) is 4. The van der Waals surface area contributed by atoms with Crippen molar-refractivity contribution in [2.45, 2.75) is 50.2 Å². The second-order valence-corrected chi connectivity index (χ2v) is 6.52. The van der Waals surface area contributed by atoms with Gasteiger partial charge in [0, 0.05) is 18.9 Å². The summed E-state index contributed by atoms with van der Waals surface area (Å²) < 4.78 is 0. The van der Waals surface area contributed by atoms with E-state index in [-0.39, 0.29) is 24.8 Å². The highest BCUT2D eigenvalue weighted by molar-refractivity contribution is 6.38. The summed E-state index contributed by atoms with van der Waals surface area (Å²) in [5.41, 5.74) is 0.843. The number of carbonyl (C=O) groups is 4. The Morgan fingerprint density at radius 3 is 2.44 bits per heavy atom. The highest BCUT2D eigenvalue weighted by Gasteiger charge is 2.34. The third kappa shape index (κ3) is 4.65. The van der Waals surface area contributed by atoms with Crippen molar-refractivity contribution < 1.29 is 19.2 Å². The van der Waals surface area contributed by atoms with E-state index in [1.54, 1.807) is 0 Å². The van der Waals surface area contributed by atoms with E-state index in [0.29, 0.717) is 6.42 Å². The molecule has 3 N–H and O–H groups in total. The Labute approximate surface area is 145 Å². The Balaban J connectivity index is 1.68. The second-order valence-electron chi connectivity index (χ2n) is 6.52. The van der Waals surface area contributed by atoms with Gasteiger partial charge in [-0.2, -0.15) is 0 Å². The maximum Gasteiger partial charge on any atom is 0.289 e. The van der Waals surface area contributed by atoms with Gasteiger partial charge in [0.25, 0.3) is 5.91 Å². The minimum Gasteiger partial charge on any atom is -0.347 e. The van der Waals surface area contributed by atoms with Gasteiger partial charge >= 0.3 is 0 Å². The zero-order chi connectivity index (χ0) is 17.8. The molecule has 2 atom stereocenters. The van der Waals surface area contributed by atoms with Crippen molar-refractivity contribution >= 4 is 23.5 Å². The van der Waals surface area contributed by atoms with E-state index in [9.17, 15) is 19.2 Å². The van der Waals surface area contributed by atoms with Gasteiger partial charge in [-0.3, -0.25) is 19.2 Å². The summed E-state index contributed by atoms with van der Waals surface area (Å²) in [5, 5.41) is 7.87. The summed E-state index contributed by atoms with van der Waals surface area (Å²) in [6.07, 6.45) is 2.67. The molecule has 2 fully saturated rings. The van der Waals surface area contributed by atoms with Gasteiger partial charge in [-0.05, 0) is 24.8 Å². The van der Waals surface area contributed by atoms with Crippen LogP contribution in [0.5, 0.6) is 0 Å². The summed E-state index contributed by atoms with van der Waals surface area (Å²) in [6, 6.07) is 7.66. The Kier molecular flexibility index (Phi) is 5.11. The second kappa shape index (κ2) is 7.46. The first kappa shape index (κ1) is 17.1. The maximum absolute atomic E-state index is 12.5. The van der Waals surface area contributed by atoms with Crippen molar-refractivity contribution in [3.8, 4) is 0 Å². The molecule has 0 bridgehead atoms. The molecule has 2 aliphatic rings. The molecule has 0 spiro atoms. The van der Waals surface area contributed by atoms with Gasteiger partial charge in [0.2, 0.25) is 17.6 Å². The van der Waals surface area contributed by atoms with Crippen molar-refractivity contribution in [2.75, 3.05) is 0 Å². The van der Waals surface area contributed by atoms with E-state index in [1.807, 2.05) is 30.3 Å². The van der Waals surface area contributed by atoms with Gasteiger partial charge in [0.15, 0.2) is 0 Å². The molecule has 3 rings (SSSR count). The van der Waals surface area contributed by atoms with Gasteiger partial charge in [-0.15, -0.1) is 0 Å². The third-order valence-electron chi connectivity index (χ3n) is 4.36. The van der Waals surface area contributed by atoms with Gasteiger partial charge in [-0.1, -0.05) is 30.3 Å². The van der Waals surface area contributed by atoms with E-state index in [0.717, 1.165) is 18.4 Å². The average molecular weight is 343 g/mol. The minimum atomic E-state index is -0.953. The first-order valence-electron chi connectivity index (χ1n) is 8.51. The molecule has 0 aromatic heterocycles. The molecule has 3 amide bonds. The summed E-state index contributed by atoms with van der Waals surface area (Å²) in [5.74, 6) is -1.94. The molecular formula is C18H21N3O4. The first-order valence-corrected chi connectivity index (χ1v) is 8.51. The molecule has 1 aromatic rings. The predicted octanol–water partition coefficient (Wildman–Crippen LogP) is -0.160. The Morgan fingerprint density at radius 2 is 1.84 bits per heavy atom. The van der Waals surface area contributed by atoms with Crippen molar-refractivity contribution in [2.24, 2.45) is 0 Å². The molecule has 1 saturated carbocycles. The first-order chi connectivity index (χ1) is 12.0. The van der Waals surface area contributed by atoms with Gasteiger partial charge in [-0.25, -0.2) is 0 Å². The van der Waals surface area contributed by atoms with Crippen LogP contribution in [0.4, 0.5) is 0 Å². The van der Waals surface area contributed by atoms with Gasteiger partial charge < -0.3 is 16.0 Å². The fourth-order valence-electron chi connectivity index (χ4n) is 2.78. The van der Waals surface area contributed by atoms with Crippen molar-refractivity contribution in [1.29, 1.82) is 0 Å². The molecule has 1 saturated heterocycles. The topological polar surface area (TPSA) is 104 Å². The smallest absolute Gasteiger partial charge is 0.289 e. The van der Waals surface area contributed by atoms with Crippen molar-refractivity contribution in [3.05, 3.63) is 35.9 Å². The van der Waals surface area contributed by atoms with Crippen LogP contribution in [-0.2, 0) is 25.6 Å². The largest absolute Gasteiger partial charge is 0.347 e. The lowest BCUT2D eigenvalue weighted by molar-refractivity contribution is -0.140. The Hall–Kier alpha value is -2.70. The van der Waals surface area contributed by atoms with Crippen LogP contribution >= 0.6 is 0 Å². The third-order valence-corrected chi connectivity index (χ3v) is 4.36. The number of Topliss-reactive ketones (excluding diaryl/α,β-unsaturated/α-hetero) is 1. The van der Waals surface area contributed by atoms with Crippen LogP contribution in [0.3, 0.4) is 0 Å². The minimum absolute atomic E-state index is 0.0682. The molecule has 7 heteroatoms. The maximum atomic E-state index is 12.5. The summed E-state index contributed by atoms with van der Waals surface area (Å²) in [6.45, 7) is 0.